The lowest BCUT2D eigenvalue weighted by Gasteiger charge is -2.09. The highest BCUT2D eigenvalue weighted by Crippen LogP contribution is 2.32. The second kappa shape index (κ2) is 7.07. The Kier molecular flexibility index (Phi) is 5.41. The molecule has 0 aliphatic heterocycles. The summed E-state index contributed by atoms with van der Waals surface area (Å²) in [5.74, 6) is -0.287. The van der Waals surface area contributed by atoms with Crippen molar-refractivity contribution in [3.63, 3.8) is 0 Å². The van der Waals surface area contributed by atoms with Crippen LogP contribution >= 0.6 is 23.2 Å². The fraction of sp³-hybridized carbons (Fsp3) is 0.250. The molecule has 1 nitrogen and oxygen atoms in total. The van der Waals surface area contributed by atoms with Crippen LogP contribution in [0, 0.1) is 5.82 Å². The smallest absolute Gasteiger partial charge is 0.131 e. The molecule has 0 amide bonds. The maximum atomic E-state index is 14.2. The van der Waals surface area contributed by atoms with Crippen LogP contribution in [0.4, 0.5) is 4.39 Å². The summed E-state index contributed by atoms with van der Waals surface area (Å²) in [4.78, 5) is 0. The van der Waals surface area contributed by atoms with Crippen LogP contribution in [0.25, 0.3) is 11.1 Å². The van der Waals surface area contributed by atoms with Gasteiger partial charge >= 0.3 is 0 Å². The van der Waals surface area contributed by atoms with Crippen LogP contribution in [0.5, 0.6) is 0 Å². The summed E-state index contributed by atoms with van der Waals surface area (Å²) in [6.45, 7) is 3.68. The summed E-state index contributed by atoms with van der Waals surface area (Å²) in [6, 6.07) is 10.2. The predicted octanol–water partition coefficient (Wildman–Crippen LogP) is 5.30. The Bertz CT molecular complexity index is 599. The van der Waals surface area contributed by atoms with E-state index in [1.165, 1.54) is 6.07 Å². The van der Waals surface area contributed by atoms with Crippen molar-refractivity contribution in [2.45, 2.75) is 19.9 Å². The summed E-state index contributed by atoms with van der Waals surface area (Å²) in [7, 11) is 0. The van der Waals surface area contributed by atoms with Gasteiger partial charge in [-0.15, -0.1) is 0 Å². The van der Waals surface area contributed by atoms with E-state index in [9.17, 15) is 4.39 Å². The molecule has 2 aromatic rings. The third-order valence-electron chi connectivity index (χ3n) is 3.01. The van der Waals surface area contributed by atoms with Gasteiger partial charge in [0.25, 0.3) is 0 Å². The third kappa shape index (κ3) is 3.72. The summed E-state index contributed by atoms with van der Waals surface area (Å²) < 4.78 is 14.2. The molecule has 106 valence electrons. The molecule has 0 bridgehead atoms. The van der Waals surface area contributed by atoms with Gasteiger partial charge in [0.05, 0.1) is 0 Å². The predicted molar refractivity (Wildman–Crippen MR) is 83.9 cm³/mol. The van der Waals surface area contributed by atoms with Crippen molar-refractivity contribution in [3.05, 3.63) is 57.8 Å². The minimum absolute atomic E-state index is 0.287. The van der Waals surface area contributed by atoms with Crippen molar-refractivity contribution < 1.29 is 4.39 Å². The normalized spacial score (nSPS) is 10.8. The number of halogens is 3. The number of rotatable bonds is 5. The summed E-state index contributed by atoms with van der Waals surface area (Å²) >= 11 is 12.1. The molecule has 1 N–H and O–H groups in total. The van der Waals surface area contributed by atoms with Crippen LogP contribution in [0.2, 0.25) is 10.0 Å². The zero-order valence-electron chi connectivity index (χ0n) is 11.2. The van der Waals surface area contributed by atoms with E-state index in [1.54, 1.807) is 24.3 Å². The maximum Gasteiger partial charge on any atom is 0.131 e. The minimum atomic E-state index is -0.287. The van der Waals surface area contributed by atoms with E-state index < -0.39 is 0 Å². The fourth-order valence-corrected chi connectivity index (χ4v) is 2.39. The van der Waals surface area contributed by atoms with Gasteiger partial charge in [0.15, 0.2) is 0 Å². The molecular formula is C16H16Cl2FN. The lowest BCUT2D eigenvalue weighted by Crippen LogP contribution is -2.13. The Morgan fingerprint density at radius 3 is 2.55 bits per heavy atom. The highest BCUT2D eigenvalue weighted by molar-refractivity contribution is 6.35. The standard InChI is InChI=1S/C16H16Cl2FN/c1-2-7-20-10-11-3-5-13(16(19)8-11)14-9-12(17)4-6-15(14)18/h3-6,8-9,20H,2,7,10H2,1H3. The van der Waals surface area contributed by atoms with Crippen molar-refractivity contribution in [2.75, 3.05) is 6.54 Å². The molecule has 2 rings (SSSR count). The Morgan fingerprint density at radius 2 is 1.85 bits per heavy atom. The molecule has 0 heterocycles. The Labute approximate surface area is 128 Å². The molecule has 0 unspecified atom stereocenters. The van der Waals surface area contributed by atoms with Crippen molar-refractivity contribution in [3.8, 4) is 11.1 Å². The molecular weight excluding hydrogens is 296 g/mol. The van der Waals surface area contributed by atoms with Crippen molar-refractivity contribution in [1.82, 2.24) is 5.32 Å². The second-order valence-corrected chi connectivity index (χ2v) is 5.46. The molecule has 0 atom stereocenters. The first-order chi connectivity index (χ1) is 9.61. The first-order valence-electron chi connectivity index (χ1n) is 6.56. The fourth-order valence-electron chi connectivity index (χ4n) is 2.00. The van der Waals surface area contributed by atoms with Crippen LogP contribution in [0.3, 0.4) is 0 Å². The Morgan fingerprint density at radius 1 is 1.05 bits per heavy atom. The molecule has 0 aromatic heterocycles. The van der Waals surface area contributed by atoms with Gasteiger partial charge in [0, 0.05) is 27.7 Å². The number of nitrogens with one attached hydrogen (secondary N) is 1. The van der Waals surface area contributed by atoms with Gasteiger partial charge in [-0.1, -0.05) is 42.3 Å². The zero-order valence-corrected chi connectivity index (χ0v) is 12.7. The second-order valence-electron chi connectivity index (χ2n) is 4.62. The number of hydrogen-bond donors (Lipinski definition) is 1. The molecule has 0 aliphatic carbocycles. The van der Waals surface area contributed by atoms with E-state index in [1.807, 2.05) is 6.07 Å². The quantitative estimate of drug-likeness (QED) is 0.739. The molecule has 4 heteroatoms. The van der Waals surface area contributed by atoms with Gasteiger partial charge in [-0.05, 0) is 42.8 Å². The highest BCUT2D eigenvalue weighted by Gasteiger charge is 2.10. The third-order valence-corrected chi connectivity index (χ3v) is 3.57. The largest absolute Gasteiger partial charge is 0.313 e. The van der Waals surface area contributed by atoms with Crippen LogP contribution in [-0.4, -0.2) is 6.54 Å². The Balaban J connectivity index is 2.27. The topological polar surface area (TPSA) is 12.0 Å². The van der Waals surface area contributed by atoms with Crippen LogP contribution in [-0.2, 0) is 6.54 Å². The van der Waals surface area contributed by atoms with Gasteiger partial charge in [0.2, 0.25) is 0 Å². The molecule has 0 spiro atoms. The minimum Gasteiger partial charge on any atom is -0.313 e. The molecule has 0 radical (unpaired) electrons. The van der Waals surface area contributed by atoms with Crippen LogP contribution in [0.1, 0.15) is 18.9 Å². The monoisotopic (exact) mass is 311 g/mol. The van der Waals surface area contributed by atoms with E-state index in [0.717, 1.165) is 18.5 Å². The van der Waals surface area contributed by atoms with E-state index in [-0.39, 0.29) is 5.82 Å². The van der Waals surface area contributed by atoms with Gasteiger partial charge in [-0.2, -0.15) is 0 Å². The van der Waals surface area contributed by atoms with Crippen LogP contribution < -0.4 is 5.32 Å². The Hall–Kier alpha value is -1.09. The average Bonchev–Trinajstić information content (AvgIpc) is 2.42. The van der Waals surface area contributed by atoms with E-state index in [0.29, 0.717) is 27.7 Å². The van der Waals surface area contributed by atoms with E-state index in [4.69, 9.17) is 23.2 Å². The zero-order chi connectivity index (χ0) is 14.5. The lowest BCUT2D eigenvalue weighted by molar-refractivity contribution is 0.622. The maximum absolute atomic E-state index is 14.2. The average molecular weight is 312 g/mol. The lowest BCUT2D eigenvalue weighted by atomic mass is 10.0. The van der Waals surface area contributed by atoms with Crippen LogP contribution in [0.15, 0.2) is 36.4 Å². The van der Waals surface area contributed by atoms with E-state index in [2.05, 4.69) is 12.2 Å². The molecule has 0 saturated heterocycles. The summed E-state index contributed by atoms with van der Waals surface area (Å²) in [5, 5.41) is 4.27. The van der Waals surface area contributed by atoms with Crippen molar-refractivity contribution in [1.29, 1.82) is 0 Å². The van der Waals surface area contributed by atoms with Gasteiger partial charge in [-0.3, -0.25) is 0 Å². The summed E-state index contributed by atoms with van der Waals surface area (Å²) in [5.41, 5.74) is 2.00. The van der Waals surface area contributed by atoms with E-state index >= 15 is 0 Å². The van der Waals surface area contributed by atoms with Crippen molar-refractivity contribution >= 4 is 23.2 Å². The van der Waals surface area contributed by atoms with Gasteiger partial charge < -0.3 is 5.32 Å². The molecule has 0 saturated carbocycles. The molecule has 0 fully saturated rings. The summed E-state index contributed by atoms with van der Waals surface area (Å²) in [6.07, 6.45) is 1.05. The SMILES string of the molecule is CCCNCc1ccc(-c2cc(Cl)ccc2Cl)c(F)c1. The molecule has 0 aliphatic rings. The molecule has 2 aromatic carbocycles. The first kappa shape index (κ1) is 15.3. The first-order valence-corrected chi connectivity index (χ1v) is 7.32. The highest BCUT2D eigenvalue weighted by atomic mass is 35.5. The number of benzene rings is 2. The van der Waals surface area contributed by atoms with Gasteiger partial charge in [0.1, 0.15) is 5.82 Å². The van der Waals surface area contributed by atoms with Crippen molar-refractivity contribution in [2.24, 2.45) is 0 Å². The molecule has 20 heavy (non-hydrogen) atoms. The number of hydrogen-bond acceptors (Lipinski definition) is 1. The van der Waals surface area contributed by atoms with Gasteiger partial charge in [-0.25, -0.2) is 4.39 Å².